The topological polar surface area (TPSA) is 42.2 Å². The van der Waals surface area contributed by atoms with Crippen LogP contribution >= 0.6 is 0 Å². The van der Waals surface area contributed by atoms with Gasteiger partial charge >= 0.3 is 0 Å². The maximum atomic E-state index is 5.81. The molecule has 1 aromatic heterocycles. The Hall–Kier alpha value is -1.68. The number of likely N-dealkylation sites (N-methyl/N-ethyl adjacent to an activating group) is 1. The molecule has 122 valence electrons. The molecule has 4 nitrogen and oxygen atoms in total. The molecule has 2 aromatic rings. The second kappa shape index (κ2) is 5.17. The summed E-state index contributed by atoms with van der Waals surface area (Å²) in [6, 6.07) is 10.9. The number of hydrogen-bond acceptors (Lipinski definition) is 4. The largest absolute Gasteiger partial charge is 0.424 e. The van der Waals surface area contributed by atoms with Crippen molar-refractivity contribution in [1.82, 2.24) is 15.1 Å². The molecular weight excluding hydrogens is 286 g/mol. The molecule has 0 aliphatic heterocycles. The van der Waals surface area contributed by atoms with Gasteiger partial charge in [-0.15, -0.1) is 10.2 Å². The Kier molecular flexibility index (Phi) is 3.34. The highest BCUT2D eigenvalue weighted by Crippen LogP contribution is 2.64. The fourth-order valence-corrected chi connectivity index (χ4v) is 3.89. The van der Waals surface area contributed by atoms with E-state index in [4.69, 9.17) is 4.42 Å². The Morgan fingerprint density at radius 3 is 2.48 bits per heavy atom. The van der Waals surface area contributed by atoms with E-state index in [0.29, 0.717) is 11.3 Å². The maximum Gasteiger partial charge on any atom is 0.230 e. The summed E-state index contributed by atoms with van der Waals surface area (Å²) in [7, 11) is 2.15. The Bertz CT molecular complexity index is 690. The SMILES string of the molecule is CN(Cc1nnc(C2CC2)o1)CC1(c2ccccc2)CC1(C)C. The van der Waals surface area contributed by atoms with Crippen molar-refractivity contribution in [3.63, 3.8) is 0 Å². The van der Waals surface area contributed by atoms with Crippen LogP contribution in [0.15, 0.2) is 34.7 Å². The van der Waals surface area contributed by atoms with Crippen LogP contribution in [0.1, 0.15) is 56.4 Å². The van der Waals surface area contributed by atoms with E-state index in [1.54, 1.807) is 0 Å². The van der Waals surface area contributed by atoms with Crippen LogP contribution in [0.3, 0.4) is 0 Å². The Morgan fingerprint density at radius 2 is 1.87 bits per heavy atom. The highest BCUT2D eigenvalue weighted by molar-refractivity contribution is 5.37. The van der Waals surface area contributed by atoms with Gasteiger partial charge in [0.05, 0.1) is 6.54 Å². The van der Waals surface area contributed by atoms with Crippen LogP contribution in [0.2, 0.25) is 0 Å². The predicted molar refractivity (Wildman–Crippen MR) is 89.1 cm³/mol. The van der Waals surface area contributed by atoms with Crippen molar-refractivity contribution in [1.29, 1.82) is 0 Å². The van der Waals surface area contributed by atoms with Crippen molar-refractivity contribution in [2.24, 2.45) is 5.41 Å². The summed E-state index contributed by atoms with van der Waals surface area (Å²) < 4.78 is 5.81. The van der Waals surface area contributed by atoms with Crippen molar-refractivity contribution in [3.8, 4) is 0 Å². The third-order valence-corrected chi connectivity index (χ3v) is 5.59. The van der Waals surface area contributed by atoms with Crippen LogP contribution in [-0.4, -0.2) is 28.7 Å². The minimum atomic E-state index is 0.238. The number of rotatable bonds is 6. The minimum absolute atomic E-state index is 0.238. The van der Waals surface area contributed by atoms with Gasteiger partial charge in [-0.05, 0) is 37.3 Å². The molecule has 0 radical (unpaired) electrons. The fourth-order valence-electron chi connectivity index (χ4n) is 3.89. The molecule has 1 unspecified atom stereocenters. The van der Waals surface area contributed by atoms with Crippen LogP contribution in [0.25, 0.3) is 0 Å². The minimum Gasteiger partial charge on any atom is -0.424 e. The summed E-state index contributed by atoms with van der Waals surface area (Å²) in [5.41, 5.74) is 2.03. The molecule has 1 aromatic carbocycles. The summed E-state index contributed by atoms with van der Waals surface area (Å²) in [5.74, 6) is 2.11. The zero-order valence-electron chi connectivity index (χ0n) is 14.2. The molecule has 0 amide bonds. The van der Waals surface area contributed by atoms with Gasteiger partial charge in [-0.1, -0.05) is 44.2 Å². The second-order valence-electron chi connectivity index (χ2n) is 7.99. The van der Waals surface area contributed by atoms with Crippen molar-refractivity contribution in [2.45, 2.75) is 51.0 Å². The van der Waals surface area contributed by atoms with Crippen LogP contribution in [0.5, 0.6) is 0 Å². The summed E-state index contributed by atoms with van der Waals surface area (Å²) in [6.07, 6.45) is 3.62. The van der Waals surface area contributed by atoms with Gasteiger partial charge in [0.2, 0.25) is 11.8 Å². The molecule has 23 heavy (non-hydrogen) atoms. The highest BCUT2D eigenvalue weighted by Gasteiger charge is 2.61. The molecule has 0 saturated heterocycles. The van der Waals surface area contributed by atoms with Crippen molar-refractivity contribution in [2.75, 3.05) is 13.6 Å². The lowest BCUT2D eigenvalue weighted by atomic mass is 9.87. The quantitative estimate of drug-likeness (QED) is 0.815. The first-order valence-corrected chi connectivity index (χ1v) is 8.57. The lowest BCUT2D eigenvalue weighted by Gasteiger charge is -2.26. The Balaban J connectivity index is 1.47. The average Bonchev–Trinajstić information content (AvgIpc) is 3.40. The number of aromatic nitrogens is 2. The standard InChI is InChI=1S/C19H25N3O/c1-18(2)12-19(18,15-7-5-4-6-8-15)13-22(3)11-16-20-21-17(23-16)14-9-10-14/h4-8,14H,9-13H2,1-3H3. The third-order valence-electron chi connectivity index (χ3n) is 5.59. The normalized spacial score (nSPS) is 25.7. The third kappa shape index (κ3) is 2.69. The molecule has 2 aliphatic carbocycles. The lowest BCUT2D eigenvalue weighted by Crippen LogP contribution is -2.32. The average molecular weight is 311 g/mol. The zero-order valence-corrected chi connectivity index (χ0v) is 14.2. The highest BCUT2D eigenvalue weighted by atomic mass is 16.4. The first kappa shape index (κ1) is 14.9. The van der Waals surface area contributed by atoms with E-state index >= 15 is 0 Å². The Labute approximate surface area is 137 Å². The van der Waals surface area contributed by atoms with Gasteiger partial charge in [0.25, 0.3) is 0 Å². The van der Waals surface area contributed by atoms with Crippen LogP contribution in [-0.2, 0) is 12.0 Å². The van der Waals surface area contributed by atoms with Gasteiger partial charge in [0.15, 0.2) is 0 Å². The molecule has 4 rings (SSSR count). The number of benzene rings is 1. The monoisotopic (exact) mass is 311 g/mol. The molecule has 2 saturated carbocycles. The van der Waals surface area contributed by atoms with Gasteiger partial charge in [-0.2, -0.15) is 0 Å². The molecule has 0 N–H and O–H groups in total. The molecule has 1 heterocycles. The van der Waals surface area contributed by atoms with Crippen LogP contribution in [0, 0.1) is 5.41 Å². The number of hydrogen-bond donors (Lipinski definition) is 0. The predicted octanol–water partition coefficient (Wildman–Crippen LogP) is 3.75. The summed E-state index contributed by atoms with van der Waals surface area (Å²) in [6.45, 7) is 6.48. The maximum absolute atomic E-state index is 5.81. The van der Waals surface area contributed by atoms with E-state index in [-0.39, 0.29) is 5.41 Å². The van der Waals surface area contributed by atoms with Gasteiger partial charge in [0, 0.05) is 17.9 Å². The van der Waals surface area contributed by atoms with E-state index in [2.05, 4.69) is 66.3 Å². The van der Waals surface area contributed by atoms with Crippen molar-refractivity contribution >= 4 is 0 Å². The Morgan fingerprint density at radius 1 is 1.17 bits per heavy atom. The molecule has 1 atom stereocenters. The summed E-state index contributed by atoms with van der Waals surface area (Å²) in [5, 5.41) is 8.41. The molecule has 2 aliphatic rings. The van der Waals surface area contributed by atoms with E-state index in [1.165, 1.54) is 24.8 Å². The van der Waals surface area contributed by atoms with Crippen molar-refractivity contribution < 1.29 is 4.42 Å². The molecule has 0 bridgehead atoms. The molecule has 4 heteroatoms. The fraction of sp³-hybridized carbons (Fsp3) is 0.579. The van der Waals surface area contributed by atoms with Gasteiger partial charge in [-0.3, -0.25) is 4.90 Å². The van der Waals surface area contributed by atoms with Gasteiger partial charge in [-0.25, -0.2) is 0 Å². The van der Waals surface area contributed by atoms with Crippen molar-refractivity contribution in [3.05, 3.63) is 47.7 Å². The molecule has 0 spiro atoms. The first-order valence-electron chi connectivity index (χ1n) is 8.57. The zero-order chi connectivity index (χ0) is 16.1. The smallest absolute Gasteiger partial charge is 0.230 e. The summed E-state index contributed by atoms with van der Waals surface area (Å²) >= 11 is 0. The van der Waals surface area contributed by atoms with E-state index in [0.717, 1.165) is 24.9 Å². The lowest BCUT2D eigenvalue weighted by molar-refractivity contribution is 0.245. The van der Waals surface area contributed by atoms with E-state index in [1.807, 2.05) is 0 Å². The molecular formula is C19H25N3O. The van der Waals surface area contributed by atoms with Crippen LogP contribution in [0.4, 0.5) is 0 Å². The van der Waals surface area contributed by atoms with Crippen LogP contribution < -0.4 is 0 Å². The van der Waals surface area contributed by atoms with E-state index in [9.17, 15) is 0 Å². The van der Waals surface area contributed by atoms with Gasteiger partial charge < -0.3 is 4.42 Å². The number of nitrogens with zero attached hydrogens (tertiary/aromatic N) is 3. The summed E-state index contributed by atoms with van der Waals surface area (Å²) in [4.78, 5) is 2.33. The first-order chi connectivity index (χ1) is 11.0. The second-order valence-corrected chi connectivity index (χ2v) is 7.99. The van der Waals surface area contributed by atoms with E-state index < -0.39 is 0 Å². The molecule has 2 fully saturated rings. The van der Waals surface area contributed by atoms with Gasteiger partial charge in [0.1, 0.15) is 0 Å².